The predicted molar refractivity (Wildman–Crippen MR) is 105 cm³/mol. The van der Waals surface area contributed by atoms with E-state index in [4.69, 9.17) is 4.74 Å². The molecule has 7 heteroatoms. The molecule has 0 radical (unpaired) electrons. The maximum Gasteiger partial charge on any atom is 0.261 e. The Morgan fingerprint density at radius 1 is 1.04 bits per heavy atom. The molecule has 2 aromatic rings. The molecule has 0 amide bonds. The van der Waals surface area contributed by atoms with Crippen LogP contribution in [0.3, 0.4) is 0 Å². The monoisotopic (exact) mass is 392 g/mol. The van der Waals surface area contributed by atoms with Crippen molar-refractivity contribution in [3.05, 3.63) is 48.3 Å². The van der Waals surface area contributed by atoms with E-state index in [1.165, 1.54) is 24.3 Å². The van der Waals surface area contributed by atoms with E-state index in [0.29, 0.717) is 11.4 Å². The summed E-state index contributed by atoms with van der Waals surface area (Å²) in [4.78, 5) is 2.20. The highest BCUT2D eigenvalue weighted by molar-refractivity contribution is 7.92. The van der Waals surface area contributed by atoms with Gasteiger partial charge in [-0.05, 0) is 69.5 Å². The van der Waals surface area contributed by atoms with Gasteiger partial charge in [-0.2, -0.15) is 0 Å². The first-order valence-corrected chi connectivity index (χ1v) is 10.7. The first-order valence-electron chi connectivity index (χ1n) is 9.19. The van der Waals surface area contributed by atoms with E-state index < -0.39 is 15.8 Å². The summed E-state index contributed by atoms with van der Waals surface area (Å²) in [5.74, 6) is 0.123. The quantitative estimate of drug-likeness (QED) is 0.791. The average Bonchev–Trinajstić information content (AvgIpc) is 2.62. The van der Waals surface area contributed by atoms with Gasteiger partial charge in [0.2, 0.25) is 0 Å². The van der Waals surface area contributed by atoms with Gasteiger partial charge in [0.25, 0.3) is 10.0 Å². The number of piperidine rings is 1. The van der Waals surface area contributed by atoms with Crippen LogP contribution >= 0.6 is 0 Å². The minimum absolute atomic E-state index is 0.00461. The molecular formula is C20H25FN2O3S. The number of hydrogen-bond acceptors (Lipinski definition) is 4. The Kier molecular flexibility index (Phi) is 5.89. The van der Waals surface area contributed by atoms with Crippen LogP contribution in [0.5, 0.6) is 5.75 Å². The van der Waals surface area contributed by atoms with Crippen LogP contribution in [0.4, 0.5) is 15.8 Å². The van der Waals surface area contributed by atoms with Crippen LogP contribution in [-0.4, -0.2) is 27.6 Å². The third-order valence-corrected chi connectivity index (χ3v) is 5.79. The molecule has 1 aliphatic heterocycles. The fourth-order valence-electron chi connectivity index (χ4n) is 3.17. The number of benzene rings is 2. The Morgan fingerprint density at radius 3 is 2.33 bits per heavy atom. The number of rotatable bonds is 6. The summed E-state index contributed by atoms with van der Waals surface area (Å²) in [6, 6.07) is 10.4. The van der Waals surface area contributed by atoms with Crippen molar-refractivity contribution in [3.8, 4) is 5.75 Å². The molecule has 1 saturated heterocycles. The molecule has 5 nitrogen and oxygen atoms in total. The summed E-state index contributed by atoms with van der Waals surface area (Å²) in [5.41, 5.74) is 0.971. The summed E-state index contributed by atoms with van der Waals surface area (Å²) >= 11 is 0. The molecule has 1 aliphatic rings. The van der Waals surface area contributed by atoms with Crippen molar-refractivity contribution in [3.63, 3.8) is 0 Å². The maximum absolute atomic E-state index is 13.8. The van der Waals surface area contributed by atoms with E-state index >= 15 is 0 Å². The van der Waals surface area contributed by atoms with Crippen LogP contribution in [0.1, 0.15) is 33.1 Å². The molecule has 3 rings (SSSR count). The van der Waals surface area contributed by atoms with Crippen molar-refractivity contribution in [1.82, 2.24) is 0 Å². The number of nitrogens with zero attached hydrogens (tertiary/aromatic N) is 1. The van der Waals surface area contributed by atoms with E-state index in [1.807, 2.05) is 13.8 Å². The molecule has 0 aromatic heterocycles. The van der Waals surface area contributed by atoms with Crippen LogP contribution < -0.4 is 14.4 Å². The molecule has 0 spiro atoms. The zero-order valence-electron chi connectivity index (χ0n) is 15.6. The molecule has 0 bridgehead atoms. The fourth-order valence-corrected chi connectivity index (χ4v) is 4.24. The Balaban J connectivity index is 1.85. The summed E-state index contributed by atoms with van der Waals surface area (Å²) in [5, 5.41) is 0. The molecule has 1 fully saturated rings. The van der Waals surface area contributed by atoms with E-state index in [0.717, 1.165) is 32.4 Å². The van der Waals surface area contributed by atoms with E-state index in [1.54, 1.807) is 18.2 Å². The second kappa shape index (κ2) is 8.17. The Bertz CT molecular complexity index is 877. The highest BCUT2D eigenvalue weighted by Gasteiger charge is 2.20. The van der Waals surface area contributed by atoms with Crippen molar-refractivity contribution in [2.45, 2.75) is 44.1 Å². The summed E-state index contributed by atoms with van der Waals surface area (Å²) < 4.78 is 47.5. The van der Waals surface area contributed by atoms with Gasteiger partial charge in [-0.1, -0.05) is 0 Å². The van der Waals surface area contributed by atoms with Crippen LogP contribution in [0.15, 0.2) is 47.4 Å². The lowest BCUT2D eigenvalue weighted by atomic mass is 10.1. The van der Waals surface area contributed by atoms with Gasteiger partial charge in [0.1, 0.15) is 11.6 Å². The molecule has 0 unspecified atom stereocenters. The standard InChI is InChI=1S/C20H25FN2O3S/c1-15(2)26-17-7-9-18(10-8-17)27(24,25)22-19-14-16(21)6-11-20(19)23-12-4-3-5-13-23/h6-11,14-15,22H,3-5,12-13H2,1-2H3. The highest BCUT2D eigenvalue weighted by Crippen LogP contribution is 2.31. The molecule has 146 valence electrons. The van der Waals surface area contributed by atoms with Crippen LogP contribution in [-0.2, 0) is 10.0 Å². The van der Waals surface area contributed by atoms with Gasteiger partial charge in [-0.15, -0.1) is 0 Å². The zero-order chi connectivity index (χ0) is 19.4. The smallest absolute Gasteiger partial charge is 0.261 e. The largest absolute Gasteiger partial charge is 0.491 e. The van der Waals surface area contributed by atoms with Gasteiger partial charge in [-0.25, -0.2) is 12.8 Å². The number of hydrogen-bond donors (Lipinski definition) is 1. The van der Waals surface area contributed by atoms with Gasteiger partial charge >= 0.3 is 0 Å². The fraction of sp³-hybridized carbons (Fsp3) is 0.400. The van der Waals surface area contributed by atoms with Crippen LogP contribution in [0.25, 0.3) is 0 Å². The third kappa shape index (κ3) is 4.91. The zero-order valence-corrected chi connectivity index (χ0v) is 16.4. The number of anilines is 2. The average molecular weight is 392 g/mol. The van der Waals surface area contributed by atoms with Crippen LogP contribution in [0, 0.1) is 5.82 Å². The Hall–Kier alpha value is -2.28. The molecule has 1 N–H and O–H groups in total. The van der Waals surface area contributed by atoms with Gasteiger partial charge in [0.15, 0.2) is 0 Å². The number of halogens is 1. The summed E-state index contributed by atoms with van der Waals surface area (Å²) in [7, 11) is -3.84. The minimum Gasteiger partial charge on any atom is -0.491 e. The summed E-state index contributed by atoms with van der Waals surface area (Å²) in [6.07, 6.45) is 3.25. The third-order valence-electron chi connectivity index (χ3n) is 4.41. The Morgan fingerprint density at radius 2 is 1.70 bits per heavy atom. The van der Waals surface area contributed by atoms with Crippen LogP contribution in [0.2, 0.25) is 0 Å². The second-order valence-corrected chi connectivity index (χ2v) is 8.64. The lowest BCUT2D eigenvalue weighted by Crippen LogP contribution is -2.30. The molecule has 0 atom stereocenters. The molecule has 0 aliphatic carbocycles. The Labute approximate surface area is 160 Å². The number of ether oxygens (including phenoxy) is 1. The topological polar surface area (TPSA) is 58.6 Å². The molecule has 2 aromatic carbocycles. The van der Waals surface area contributed by atoms with Crippen molar-refractivity contribution in [2.75, 3.05) is 22.7 Å². The van der Waals surface area contributed by atoms with E-state index in [2.05, 4.69) is 9.62 Å². The number of nitrogens with one attached hydrogen (secondary N) is 1. The summed E-state index contributed by atoms with van der Waals surface area (Å²) in [6.45, 7) is 5.47. The highest BCUT2D eigenvalue weighted by atomic mass is 32.2. The number of sulfonamides is 1. The molecular weight excluding hydrogens is 367 g/mol. The van der Waals surface area contributed by atoms with E-state index in [-0.39, 0.29) is 16.7 Å². The SMILES string of the molecule is CC(C)Oc1ccc(S(=O)(=O)Nc2cc(F)ccc2N2CCCCC2)cc1. The maximum atomic E-state index is 13.8. The van der Waals surface area contributed by atoms with Crippen molar-refractivity contribution in [1.29, 1.82) is 0 Å². The first-order chi connectivity index (χ1) is 12.8. The van der Waals surface area contributed by atoms with Crippen molar-refractivity contribution < 1.29 is 17.5 Å². The van der Waals surface area contributed by atoms with Gasteiger partial charge in [0.05, 0.1) is 22.4 Å². The molecule has 0 saturated carbocycles. The van der Waals surface area contributed by atoms with Gasteiger partial charge in [-0.3, -0.25) is 4.72 Å². The molecule has 1 heterocycles. The van der Waals surface area contributed by atoms with Gasteiger partial charge < -0.3 is 9.64 Å². The molecule has 27 heavy (non-hydrogen) atoms. The van der Waals surface area contributed by atoms with Crippen molar-refractivity contribution in [2.24, 2.45) is 0 Å². The predicted octanol–water partition coefficient (Wildman–Crippen LogP) is 4.40. The first kappa shape index (κ1) is 19.5. The lowest BCUT2D eigenvalue weighted by molar-refractivity contribution is 0.242. The second-order valence-electron chi connectivity index (χ2n) is 6.95. The van der Waals surface area contributed by atoms with Crippen molar-refractivity contribution >= 4 is 21.4 Å². The minimum atomic E-state index is -3.84. The van der Waals surface area contributed by atoms with E-state index in [9.17, 15) is 12.8 Å². The lowest BCUT2D eigenvalue weighted by Gasteiger charge is -2.30. The normalized spacial score (nSPS) is 15.0. The van der Waals surface area contributed by atoms with Gasteiger partial charge in [0, 0.05) is 19.2 Å².